The molecule has 7 heterocycles. The van der Waals surface area contributed by atoms with Crippen LogP contribution in [0.3, 0.4) is 0 Å². The third-order valence-electron chi connectivity index (χ3n) is 12.4. The zero-order chi connectivity index (χ0) is 44.9. The number of amides is 4. The molecule has 0 saturated carbocycles. The molecular formula is C47H51FN10O7. The second-order valence-corrected chi connectivity index (χ2v) is 16.6. The van der Waals surface area contributed by atoms with Crippen molar-refractivity contribution in [3.8, 4) is 11.4 Å². The molecule has 4 aliphatic rings. The van der Waals surface area contributed by atoms with Crippen molar-refractivity contribution in [2.24, 2.45) is 0 Å². The van der Waals surface area contributed by atoms with Crippen LogP contribution in [0.15, 0.2) is 79.0 Å². The van der Waals surface area contributed by atoms with Gasteiger partial charge in [-0.1, -0.05) is 24.3 Å². The van der Waals surface area contributed by atoms with E-state index in [-0.39, 0.29) is 41.6 Å². The lowest BCUT2D eigenvalue weighted by Gasteiger charge is -2.35. The van der Waals surface area contributed by atoms with E-state index in [1.807, 2.05) is 40.9 Å². The van der Waals surface area contributed by atoms with Crippen LogP contribution in [0.1, 0.15) is 70.8 Å². The summed E-state index contributed by atoms with van der Waals surface area (Å²) < 4.78 is 27.3. The van der Waals surface area contributed by atoms with E-state index in [2.05, 4.69) is 30.3 Å². The highest BCUT2D eigenvalue weighted by Gasteiger charge is 2.45. The maximum Gasteiger partial charge on any atom is 0.264 e. The number of piperidine rings is 1. The number of ether oxygens (including phenoxy) is 2. The van der Waals surface area contributed by atoms with Crippen molar-refractivity contribution in [1.29, 1.82) is 0 Å². The molecule has 9 rings (SSSR count). The van der Waals surface area contributed by atoms with Crippen LogP contribution in [0, 0.1) is 5.82 Å². The normalized spacial score (nSPS) is 19.1. The Hall–Kier alpha value is -6.63. The summed E-state index contributed by atoms with van der Waals surface area (Å²) in [6.45, 7) is 6.03. The zero-order valence-electron chi connectivity index (χ0n) is 36.0. The number of pyridine rings is 1. The molecule has 0 spiro atoms. The van der Waals surface area contributed by atoms with Crippen LogP contribution in [0.25, 0.3) is 17.0 Å². The molecule has 2 aromatic carbocycles. The third-order valence-corrected chi connectivity index (χ3v) is 12.4. The van der Waals surface area contributed by atoms with E-state index in [4.69, 9.17) is 19.6 Å². The van der Waals surface area contributed by atoms with Crippen molar-refractivity contribution in [3.63, 3.8) is 0 Å². The first-order valence-electron chi connectivity index (χ1n) is 22.3. The van der Waals surface area contributed by atoms with Gasteiger partial charge in [0.15, 0.2) is 5.65 Å². The van der Waals surface area contributed by atoms with Crippen LogP contribution in [0.5, 0.6) is 0 Å². The number of nitrogens with one attached hydrogen (secondary N) is 2. The van der Waals surface area contributed by atoms with E-state index in [1.165, 1.54) is 6.07 Å². The second-order valence-electron chi connectivity index (χ2n) is 16.6. The smallest absolute Gasteiger partial charge is 0.264 e. The first-order chi connectivity index (χ1) is 31.7. The minimum Gasteiger partial charge on any atom is -0.382 e. The molecule has 2 atom stereocenters. The number of aromatic nitrogens is 4. The van der Waals surface area contributed by atoms with Crippen LogP contribution in [0.4, 0.5) is 21.7 Å². The van der Waals surface area contributed by atoms with Gasteiger partial charge in [0.25, 0.3) is 11.8 Å². The van der Waals surface area contributed by atoms with Crippen LogP contribution in [0.2, 0.25) is 0 Å². The molecule has 3 saturated heterocycles. The molecule has 0 radical (unpaired) electrons. The highest BCUT2D eigenvalue weighted by Crippen LogP contribution is 2.36. The minimum atomic E-state index is -1.03. The van der Waals surface area contributed by atoms with Gasteiger partial charge < -0.3 is 24.6 Å². The van der Waals surface area contributed by atoms with Gasteiger partial charge in [-0.05, 0) is 79.8 Å². The first kappa shape index (κ1) is 43.6. The monoisotopic (exact) mass is 886 g/mol. The summed E-state index contributed by atoms with van der Waals surface area (Å²) >= 11 is 0. The van der Waals surface area contributed by atoms with E-state index < -0.39 is 29.7 Å². The SMILES string of the molecule is O=C(CCCOCCOCCNc1cccc2c1C(=O)N(C1CCC(=O)NC1=O)C2=O)CN1CCN(c2cccc(-c3cnc4ccc(N5CCC[C@@H]5c5cccc(F)c5)nn34)n2)CC1. The molecule has 4 amide bonds. The van der Waals surface area contributed by atoms with Gasteiger partial charge in [-0.15, -0.1) is 5.10 Å². The molecule has 3 fully saturated rings. The van der Waals surface area contributed by atoms with E-state index in [0.29, 0.717) is 58.0 Å². The molecule has 0 bridgehead atoms. The van der Waals surface area contributed by atoms with Gasteiger partial charge in [0.2, 0.25) is 11.8 Å². The Morgan fingerprint density at radius 2 is 1.65 bits per heavy atom. The number of ketones is 1. The Kier molecular flexibility index (Phi) is 13.2. The standard InChI is InChI=1S/C47H51FN10O7/c48-32-7-1-6-31(28-32)37-12-4-19-56(37)42-16-15-40-50-29-39(58(40)53-42)35-10-3-13-41(51-35)55-22-20-54(21-23-55)30-33(59)8-5-24-64-26-27-65-25-18-49-36-11-2-9-34-44(36)47(63)57(46(34)62)38-14-17-43(60)52-45(38)61/h1-3,6-7,9-11,13,15-16,28-29,37-38,49H,4-5,8,12,14,17-27,30H2,(H,52,60,61)/t37-,38?/m1/s1. The lowest BCUT2D eigenvalue weighted by atomic mass is 10.0. The maximum atomic E-state index is 14.1. The summed E-state index contributed by atoms with van der Waals surface area (Å²) in [7, 11) is 0. The van der Waals surface area contributed by atoms with Crippen molar-refractivity contribution in [3.05, 3.63) is 102 Å². The van der Waals surface area contributed by atoms with Gasteiger partial charge in [0, 0.05) is 64.4 Å². The minimum absolute atomic E-state index is 0.0493. The van der Waals surface area contributed by atoms with Crippen molar-refractivity contribution >= 4 is 52.4 Å². The van der Waals surface area contributed by atoms with Gasteiger partial charge in [-0.2, -0.15) is 0 Å². The molecule has 17 nitrogen and oxygen atoms in total. The number of hydrogen-bond acceptors (Lipinski definition) is 14. The molecule has 0 aliphatic carbocycles. The number of rotatable bonds is 18. The molecule has 65 heavy (non-hydrogen) atoms. The number of carbonyl (C=O) groups is 5. The maximum absolute atomic E-state index is 14.1. The molecule has 338 valence electrons. The number of fused-ring (bicyclic) bond motifs is 2. The van der Waals surface area contributed by atoms with Gasteiger partial charge in [0.1, 0.15) is 35.0 Å². The molecule has 18 heteroatoms. The Balaban J connectivity index is 0.668. The zero-order valence-corrected chi connectivity index (χ0v) is 36.0. The highest BCUT2D eigenvalue weighted by molar-refractivity contribution is 6.25. The fraction of sp³-hybridized carbons (Fsp3) is 0.404. The number of halogens is 1. The predicted molar refractivity (Wildman–Crippen MR) is 238 cm³/mol. The summed E-state index contributed by atoms with van der Waals surface area (Å²) in [6.07, 6.45) is 4.91. The predicted octanol–water partition coefficient (Wildman–Crippen LogP) is 4.29. The number of nitrogens with zero attached hydrogens (tertiary/aromatic N) is 8. The lowest BCUT2D eigenvalue weighted by molar-refractivity contribution is -0.136. The van der Waals surface area contributed by atoms with Crippen LogP contribution in [-0.2, 0) is 23.9 Å². The first-order valence-corrected chi connectivity index (χ1v) is 22.3. The van der Waals surface area contributed by atoms with Crippen LogP contribution >= 0.6 is 0 Å². The largest absolute Gasteiger partial charge is 0.382 e. The van der Waals surface area contributed by atoms with Crippen LogP contribution in [-0.4, -0.2) is 137 Å². The van der Waals surface area contributed by atoms with Crippen molar-refractivity contribution < 1.29 is 37.8 Å². The fourth-order valence-corrected chi connectivity index (χ4v) is 9.11. The van der Waals surface area contributed by atoms with Gasteiger partial charge in [-0.25, -0.2) is 18.9 Å². The molecule has 2 N–H and O–H groups in total. The summed E-state index contributed by atoms with van der Waals surface area (Å²) in [5.41, 5.74) is 4.09. The average molecular weight is 887 g/mol. The summed E-state index contributed by atoms with van der Waals surface area (Å²) in [4.78, 5) is 80.4. The second kappa shape index (κ2) is 19.6. The molecule has 5 aromatic rings. The Labute approximate surface area is 374 Å². The summed E-state index contributed by atoms with van der Waals surface area (Å²) in [6, 6.07) is 20.7. The molecule has 3 aromatic heterocycles. The van der Waals surface area contributed by atoms with E-state index in [1.54, 1.807) is 36.5 Å². The van der Waals surface area contributed by atoms with Crippen molar-refractivity contribution in [2.75, 3.05) is 87.4 Å². The fourth-order valence-electron chi connectivity index (χ4n) is 9.11. The number of Topliss-reactive ketones (excluding diaryl/α,β-unsaturated/α-hetero) is 1. The molecule has 1 unspecified atom stereocenters. The number of anilines is 3. The summed E-state index contributed by atoms with van der Waals surface area (Å²) in [5.74, 6) is -0.593. The third kappa shape index (κ3) is 9.60. The van der Waals surface area contributed by atoms with Gasteiger partial charge in [0.05, 0.1) is 55.4 Å². The average Bonchev–Trinajstić information content (AvgIpc) is 4.04. The van der Waals surface area contributed by atoms with E-state index in [9.17, 15) is 28.4 Å². The van der Waals surface area contributed by atoms with Gasteiger partial charge in [-0.3, -0.25) is 39.1 Å². The number of benzene rings is 2. The Morgan fingerprint density at radius 1 is 0.831 bits per heavy atom. The van der Waals surface area contributed by atoms with Crippen molar-refractivity contribution in [2.45, 2.75) is 50.6 Å². The lowest BCUT2D eigenvalue weighted by Crippen LogP contribution is -2.54. The van der Waals surface area contributed by atoms with Crippen LogP contribution < -0.4 is 20.4 Å². The number of piperazine rings is 1. The number of imidazole rings is 1. The highest BCUT2D eigenvalue weighted by atomic mass is 19.1. The number of imide groups is 2. The van der Waals surface area contributed by atoms with E-state index in [0.717, 1.165) is 84.7 Å². The quantitative estimate of drug-likeness (QED) is 0.0939. The summed E-state index contributed by atoms with van der Waals surface area (Å²) in [5, 5.41) is 10.4. The van der Waals surface area contributed by atoms with Gasteiger partial charge >= 0.3 is 0 Å². The molecular weight excluding hydrogens is 836 g/mol. The van der Waals surface area contributed by atoms with E-state index >= 15 is 0 Å². The number of carbonyl (C=O) groups excluding carboxylic acids is 5. The Bertz CT molecular complexity index is 2600. The number of hydrogen-bond donors (Lipinski definition) is 2. The molecule has 4 aliphatic heterocycles. The van der Waals surface area contributed by atoms with Crippen molar-refractivity contribution in [1.82, 2.24) is 34.7 Å². The Morgan fingerprint density at radius 3 is 2.48 bits per heavy atom. The topological polar surface area (TPSA) is 184 Å².